The number of rotatable bonds is 12. The van der Waals surface area contributed by atoms with Gasteiger partial charge in [0.25, 0.3) is 0 Å². The largest absolute Gasteiger partial charge is 0.453 e. The van der Waals surface area contributed by atoms with Crippen molar-refractivity contribution in [2.75, 3.05) is 6.61 Å². The van der Waals surface area contributed by atoms with Crippen molar-refractivity contribution in [3.05, 3.63) is 144 Å². The summed E-state index contributed by atoms with van der Waals surface area (Å²) in [6.07, 6.45) is -3.58. The Hall–Kier alpha value is -5.99. The molecule has 4 aromatic rings. The Morgan fingerprint density at radius 3 is 1.77 bits per heavy atom. The second-order valence-electron chi connectivity index (χ2n) is 19.6. The quantitative estimate of drug-likeness (QED) is 0.0479. The maximum Gasteiger partial charge on any atom is 0.437 e. The van der Waals surface area contributed by atoms with Crippen LogP contribution in [0.15, 0.2) is 126 Å². The van der Waals surface area contributed by atoms with Gasteiger partial charge in [-0.3, -0.25) is 10.2 Å². The van der Waals surface area contributed by atoms with Crippen LogP contribution >= 0.6 is 0 Å². The lowest BCUT2D eigenvalue weighted by Gasteiger charge is -2.49. The van der Waals surface area contributed by atoms with Crippen molar-refractivity contribution < 1.29 is 42.6 Å². The second-order valence-corrected chi connectivity index (χ2v) is 24.4. The number of carbonyl (C=O) groups excluding carboxylic acids is 4. The second kappa shape index (κ2) is 21.3. The van der Waals surface area contributed by atoms with E-state index in [0.29, 0.717) is 11.1 Å². The number of esters is 1. The summed E-state index contributed by atoms with van der Waals surface area (Å²) in [6, 6.07) is 33.7. The molecule has 0 unspecified atom stereocenters. The molecule has 348 valence electrons. The van der Waals surface area contributed by atoms with E-state index >= 15 is 9.59 Å². The Morgan fingerprint density at radius 2 is 1.25 bits per heavy atom. The lowest BCUT2D eigenvalue weighted by Crippen LogP contribution is -2.64. The monoisotopic (exact) mass is 906 g/mol. The van der Waals surface area contributed by atoms with Gasteiger partial charge in [-0.2, -0.15) is 0 Å². The molecule has 5 rings (SSSR count). The predicted molar refractivity (Wildman–Crippen MR) is 253 cm³/mol. The van der Waals surface area contributed by atoms with Crippen molar-refractivity contribution in [1.82, 2.24) is 15.1 Å². The van der Waals surface area contributed by atoms with Crippen molar-refractivity contribution in [1.29, 1.82) is 0 Å². The summed E-state index contributed by atoms with van der Waals surface area (Å²) in [4.78, 5) is 65.7. The molecule has 0 radical (unpaired) electrons. The van der Waals surface area contributed by atoms with Crippen LogP contribution in [0.4, 0.5) is 14.4 Å². The lowest BCUT2D eigenvalue weighted by molar-refractivity contribution is -0.177. The molecule has 0 saturated carbocycles. The number of cyclic esters (lactones) is 1. The van der Waals surface area contributed by atoms with Crippen LogP contribution in [0, 0.1) is 0 Å². The van der Waals surface area contributed by atoms with Crippen LogP contribution in [-0.4, -0.2) is 78.2 Å². The van der Waals surface area contributed by atoms with E-state index in [2.05, 4.69) is 44.2 Å². The van der Waals surface area contributed by atoms with E-state index in [-0.39, 0.29) is 37.2 Å². The molecule has 4 aromatic carbocycles. The van der Waals surface area contributed by atoms with Gasteiger partial charge in [0.15, 0.2) is 20.5 Å². The SMILES string of the molecule is CC(C)(C)OC(=O)/N=C(\NC(=O)OC(C)(C)C)N(Cc1ccccc1)[C@H](CCO[Si](C)(C)C(C)(C)C)[C@H]1C(=O)O[C@H](c2ccccc2)[C@H](c2ccccc2)N1C(=O)OCc1ccccc1. The molecule has 1 heterocycles. The molecule has 1 aliphatic rings. The number of guanidine groups is 1. The minimum atomic E-state index is -2.42. The fourth-order valence-corrected chi connectivity index (χ4v) is 8.19. The molecule has 65 heavy (non-hydrogen) atoms. The highest BCUT2D eigenvalue weighted by Gasteiger charge is 2.53. The summed E-state index contributed by atoms with van der Waals surface area (Å²) in [6.45, 7) is 20.9. The van der Waals surface area contributed by atoms with E-state index in [1.807, 2.05) is 121 Å². The number of hydrogen-bond acceptors (Lipinski definition) is 9. The number of nitrogens with zero attached hydrogens (tertiary/aromatic N) is 3. The fraction of sp³-hybridized carbons (Fsp3) is 0.431. The number of amides is 3. The van der Waals surface area contributed by atoms with E-state index in [1.165, 1.54) is 4.90 Å². The molecule has 1 fully saturated rings. The zero-order valence-electron chi connectivity index (χ0n) is 39.7. The maximum absolute atomic E-state index is 15.3. The van der Waals surface area contributed by atoms with Crippen LogP contribution in [-0.2, 0) is 41.3 Å². The highest BCUT2D eigenvalue weighted by molar-refractivity contribution is 6.74. The Kier molecular flexibility index (Phi) is 16.4. The summed E-state index contributed by atoms with van der Waals surface area (Å²) >= 11 is 0. The summed E-state index contributed by atoms with van der Waals surface area (Å²) in [5.41, 5.74) is 0.910. The molecule has 0 aromatic heterocycles. The van der Waals surface area contributed by atoms with E-state index in [9.17, 15) is 9.59 Å². The molecule has 0 bridgehead atoms. The van der Waals surface area contributed by atoms with Crippen LogP contribution in [0.25, 0.3) is 0 Å². The van der Waals surface area contributed by atoms with Crippen molar-refractivity contribution in [3.8, 4) is 0 Å². The van der Waals surface area contributed by atoms with Gasteiger partial charge in [-0.15, -0.1) is 4.99 Å². The first-order chi connectivity index (χ1) is 30.5. The number of hydrogen-bond donors (Lipinski definition) is 1. The molecule has 1 saturated heterocycles. The Labute approximate surface area is 385 Å². The standard InChI is InChI=1S/C51H66N4O9Si/c1-49(2,3)63-46(57)52-45(53-47(58)64-50(4,5)6)54(34-36-24-16-12-17-25-36)40(32-33-61-65(10,11)51(7,8)9)42-44(56)62-43(39-30-22-15-23-31-39)41(38-28-20-14-21-29-38)55(42)48(59)60-35-37-26-18-13-19-27-37/h12-31,40-43H,32-35H2,1-11H3,(H,52,53,57,58)/t40-,41+,42+,43-/m1/s1. The summed E-state index contributed by atoms with van der Waals surface area (Å²) in [7, 11) is -2.42. The van der Waals surface area contributed by atoms with Gasteiger partial charge in [-0.25, -0.2) is 19.2 Å². The minimum absolute atomic E-state index is 0.0160. The zero-order chi connectivity index (χ0) is 47.6. The first-order valence-corrected chi connectivity index (χ1v) is 25.0. The van der Waals surface area contributed by atoms with Gasteiger partial charge in [0.2, 0.25) is 5.96 Å². The van der Waals surface area contributed by atoms with E-state index in [0.717, 1.165) is 11.1 Å². The van der Waals surface area contributed by atoms with Crippen LogP contribution in [0.3, 0.4) is 0 Å². The summed E-state index contributed by atoms with van der Waals surface area (Å²) in [5, 5.41) is 2.56. The third-order valence-corrected chi connectivity index (χ3v) is 15.7. The zero-order valence-corrected chi connectivity index (χ0v) is 40.7. The van der Waals surface area contributed by atoms with Crippen LogP contribution < -0.4 is 5.32 Å². The van der Waals surface area contributed by atoms with Crippen LogP contribution in [0.2, 0.25) is 18.1 Å². The summed E-state index contributed by atoms with van der Waals surface area (Å²) in [5.74, 6) is -1.02. The Bertz CT molecular complexity index is 2220. The van der Waals surface area contributed by atoms with Crippen molar-refractivity contribution in [2.24, 2.45) is 4.99 Å². The molecule has 1 aliphatic heterocycles. The van der Waals surface area contributed by atoms with Gasteiger partial charge < -0.3 is 28.3 Å². The van der Waals surface area contributed by atoms with Crippen LogP contribution in [0.1, 0.15) is 103 Å². The van der Waals surface area contributed by atoms with E-state index in [4.69, 9.17) is 23.4 Å². The van der Waals surface area contributed by atoms with Crippen molar-refractivity contribution in [2.45, 2.75) is 135 Å². The molecular weight excluding hydrogens is 841 g/mol. The number of alkyl carbamates (subject to hydrolysis) is 1. The normalized spacial score (nSPS) is 17.6. The van der Waals surface area contributed by atoms with Gasteiger partial charge in [0.1, 0.15) is 23.9 Å². The average Bonchev–Trinajstić information content (AvgIpc) is 3.23. The Balaban J connectivity index is 1.79. The fourth-order valence-electron chi connectivity index (χ4n) is 7.13. The first-order valence-electron chi connectivity index (χ1n) is 22.1. The number of morpholine rings is 1. The minimum Gasteiger partial charge on any atom is -0.453 e. The highest BCUT2D eigenvalue weighted by atomic mass is 28.4. The third-order valence-electron chi connectivity index (χ3n) is 11.2. The van der Waals surface area contributed by atoms with Crippen molar-refractivity contribution >= 4 is 38.5 Å². The predicted octanol–water partition coefficient (Wildman–Crippen LogP) is 11.1. The first kappa shape index (κ1) is 50.0. The molecule has 14 heteroatoms. The van der Waals surface area contributed by atoms with Crippen molar-refractivity contribution in [3.63, 3.8) is 0 Å². The van der Waals surface area contributed by atoms with Gasteiger partial charge >= 0.3 is 24.2 Å². The van der Waals surface area contributed by atoms with Gasteiger partial charge in [-0.1, -0.05) is 142 Å². The number of benzene rings is 4. The number of carbonyl (C=O) groups is 4. The topological polar surface area (TPSA) is 145 Å². The van der Waals surface area contributed by atoms with Crippen LogP contribution in [0.5, 0.6) is 0 Å². The molecule has 13 nitrogen and oxygen atoms in total. The maximum atomic E-state index is 15.3. The molecular formula is C51H66N4O9Si. The van der Waals surface area contributed by atoms with Gasteiger partial charge in [0.05, 0.1) is 6.04 Å². The number of aliphatic imine (C=N–C) groups is 1. The van der Waals surface area contributed by atoms with Gasteiger partial charge in [-0.05, 0) is 88.3 Å². The molecule has 4 atom stereocenters. The average molecular weight is 907 g/mol. The molecule has 1 N–H and O–H groups in total. The van der Waals surface area contributed by atoms with E-state index in [1.54, 1.807) is 46.4 Å². The highest BCUT2D eigenvalue weighted by Crippen LogP contribution is 2.45. The molecule has 0 aliphatic carbocycles. The number of ether oxygens (including phenoxy) is 4. The third kappa shape index (κ3) is 14.2. The smallest absolute Gasteiger partial charge is 0.437 e. The van der Waals surface area contributed by atoms with E-state index < -0.39 is 68.0 Å². The van der Waals surface area contributed by atoms with Gasteiger partial charge in [0, 0.05) is 13.2 Å². The number of nitrogens with one attached hydrogen (secondary N) is 1. The Morgan fingerprint density at radius 1 is 0.738 bits per heavy atom. The summed E-state index contributed by atoms with van der Waals surface area (Å²) < 4.78 is 31.0. The molecule has 0 spiro atoms. The lowest BCUT2D eigenvalue weighted by atomic mass is 9.88. The molecule has 3 amide bonds.